The van der Waals surface area contributed by atoms with E-state index in [0.717, 1.165) is 16.8 Å². The van der Waals surface area contributed by atoms with Gasteiger partial charge in [0, 0.05) is 24.9 Å². The third-order valence-corrected chi connectivity index (χ3v) is 3.51. The molecule has 0 aliphatic heterocycles. The largest absolute Gasteiger partial charge is 1.00 e. The van der Waals surface area contributed by atoms with Crippen molar-refractivity contribution in [3.05, 3.63) is 66.7 Å². The number of hydrogen-bond acceptors (Lipinski definition) is 2. The minimum atomic E-state index is -0.0544. The lowest BCUT2D eigenvalue weighted by Gasteiger charge is -2.15. The van der Waals surface area contributed by atoms with Crippen LogP contribution in [0.15, 0.2) is 65.2 Å². The molecule has 0 radical (unpaired) electrons. The Labute approximate surface area is 152 Å². The highest BCUT2D eigenvalue weighted by atomic mass is 127. The number of para-hydroxylation sites is 3. The number of benzene rings is 2. The minimum absolute atomic E-state index is 0. The molecular formula is C18H17IN2O2. The van der Waals surface area contributed by atoms with Crippen LogP contribution in [0.4, 0.5) is 5.69 Å². The molecule has 1 amide bonds. The first kappa shape index (κ1) is 17.2. The summed E-state index contributed by atoms with van der Waals surface area (Å²) in [6, 6.07) is 17.3. The van der Waals surface area contributed by atoms with Crippen molar-refractivity contribution in [2.24, 2.45) is 7.05 Å². The second-order valence-electron chi connectivity index (χ2n) is 5.01. The van der Waals surface area contributed by atoms with E-state index in [1.54, 1.807) is 17.2 Å². The maximum Gasteiger partial charge on any atom is 0.375 e. The van der Waals surface area contributed by atoms with Gasteiger partial charge in [0.1, 0.15) is 7.05 Å². The van der Waals surface area contributed by atoms with Gasteiger partial charge in [-0.2, -0.15) is 4.57 Å². The fourth-order valence-corrected chi connectivity index (χ4v) is 2.37. The number of oxazole rings is 1. The number of hydrogen-bond donors (Lipinski definition) is 0. The van der Waals surface area contributed by atoms with Crippen LogP contribution in [0.1, 0.15) is 12.8 Å². The standard InChI is InChI=1S/C18H17N2O2.HI/c1-14(21)20(15-8-4-3-5-9-15)13-12-18-19(2)16-10-6-7-11-17(16)22-18;/h3-13H,1-2H3;1H/q+1;/p-1. The second kappa shape index (κ2) is 7.41. The lowest BCUT2D eigenvalue weighted by Crippen LogP contribution is -3.00. The third kappa shape index (κ3) is 3.61. The van der Waals surface area contributed by atoms with Crippen LogP contribution in [0.25, 0.3) is 17.2 Å². The fraction of sp³-hybridized carbons (Fsp3) is 0.111. The number of carbonyl (C=O) groups is 1. The molecule has 5 heteroatoms. The first-order valence-corrected chi connectivity index (χ1v) is 7.07. The molecule has 4 nitrogen and oxygen atoms in total. The molecule has 0 aliphatic carbocycles. The Morgan fingerprint density at radius 1 is 1.09 bits per heavy atom. The van der Waals surface area contributed by atoms with Gasteiger partial charge < -0.3 is 28.4 Å². The maximum absolute atomic E-state index is 11.9. The van der Waals surface area contributed by atoms with E-state index in [1.165, 1.54) is 6.92 Å². The van der Waals surface area contributed by atoms with E-state index < -0.39 is 0 Å². The van der Waals surface area contributed by atoms with Crippen molar-refractivity contribution in [3.8, 4) is 0 Å². The first-order chi connectivity index (χ1) is 10.7. The van der Waals surface area contributed by atoms with Crippen LogP contribution < -0.4 is 33.4 Å². The molecule has 0 spiro atoms. The quantitative estimate of drug-likeness (QED) is 0.451. The molecule has 3 rings (SSSR count). The Morgan fingerprint density at radius 2 is 1.74 bits per heavy atom. The Morgan fingerprint density at radius 3 is 2.39 bits per heavy atom. The molecule has 0 N–H and O–H groups in total. The van der Waals surface area contributed by atoms with E-state index in [4.69, 9.17) is 4.42 Å². The number of fused-ring (bicyclic) bond motifs is 1. The number of carbonyl (C=O) groups excluding carboxylic acids is 1. The zero-order chi connectivity index (χ0) is 15.5. The van der Waals surface area contributed by atoms with Crippen LogP contribution in [0.5, 0.6) is 0 Å². The van der Waals surface area contributed by atoms with Crippen molar-refractivity contribution in [1.29, 1.82) is 0 Å². The summed E-state index contributed by atoms with van der Waals surface area (Å²) in [5.74, 6) is 0.629. The van der Waals surface area contributed by atoms with Gasteiger partial charge in [-0.15, -0.1) is 0 Å². The molecule has 1 aromatic heterocycles. The van der Waals surface area contributed by atoms with E-state index in [1.807, 2.05) is 66.2 Å². The number of nitrogens with zero attached hydrogens (tertiary/aromatic N) is 2. The van der Waals surface area contributed by atoms with Crippen molar-refractivity contribution in [1.82, 2.24) is 0 Å². The summed E-state index contributed by atoms with van der Waals surface area (Å²) in [4.78, 5) is 13.5. The van der Waals surface area contributed by atoms with Crippen LogP contribution in [-0.4, -0.2) is 5.91 Å². The highest BCUT2D eigenvalue weighted by Gasteiger charge is 2.16. The molecule has 23 heavy (non-hydrogen) atoms. The number of aromatic nitrogens is 1. The second-order valence-corrected chi connectivity index (χ2v) is 5.01. The summed E-state index contributed by atoms with van der Waals surface area (Å²) < 4.78 is 7.76. The van der Waals surface area contributed by atoms with Crippen LogP contribution in [0, 0.1) is 0 Å². The van der Waals surface area contributed by atoms with Crippen molar-refractivity contribution in [2.75, 3.05) is 4.90 Å². The minimum Gasteiger partial charge on any atom is -1.00 e. The normalized spacial score (nSPS) is 10.7. The molecule has 0 aliphatic rings. The molecule has 0 saturated carbocycles. The smallest absolute Gasteiger partial charge is 0.375 e. The molecule has 118 valence electrons. The molecule has 0 saturated heterocycles. The van der Waals surface area contributed by atoms with Crippen LogP contribution in [0.3, 0.4) is 0 Å². The molecule has 0 unspecified atom stereocenters. The Hall–Kier alpha value is -2.15. The molecule has 0 fully saturated rings. The van der Waals surface area contributed by atoms with Crippen LogP contribution in [-0.2, 0) is 11.8 Å². The fourth-order valence-electron chi connectivity index (χ4n) is 2.37. The Bertz CT molecular complexity index is 841. The molecule has 1 heterocycles. The molecule has 0 bridgehead atoms. The summed E-state index contributed by atoms with van der Waals surface area (Å²) in [6.45, 7) is 1.54. The number of amides is 1. The summed E-state index contributed by atoms with van der Waals surface area (Å²) in [6.07, 6.45) is 3.53. The predicted octanol–water partition coefficient (Wildman–Crippen LogP) is 0.285. The van der Waals surface area contributed by atoms with Gasteiger partial charge >= 0.3 is 5.89 Å². The molecular weight excluding hydrogens is 403 g/mol. The monoisotopic (exact) mass is 420 g/mol. The average Bonchev–Trinajstić information content (AvgIpc) is 2.85. The van der Waals surface area contributed by atoms with E-state index in [2.05, 4.69) is 0 Å². The van der Waals surface area contributed by atoms with Crippen LogP contribution in [0.2, 0.25) is 0 Å². The Balaban J connectivity index is 0.00000192. The van der Waals surface area contributed by atoms with Crippen molar-refractivity contribution < 1.29 is 37.8 Å². The summed E-state index contributed by atoms with van der Waals surface area (Å²) in [5, 5.41) is 0. The van der Waals surface area contributed by atoms with Gasteiger partial charge in [0.25, 0.3) is 5.52 Å². The Kier molecular flexibility index (Phi) is 5.54. The van der Waals surface area contributed by atoms with Gasteiger partial charge in [-0.3, -0.25) is 9.69 Å². The van der Waals surface area contributed by atoms with E-state index >= 15 is 0 Å². The summed E-state index contributed by atoms with van der Waals surface area (Å²) in [7, 11) is 1.94. The number of aryl methyl sites for hydroxylation is 1. The predicted molar refractivity (Wildman–Crippen MR) is 86.0 cm³/mol. The van der Waals surface area contributed by atoms with E-state index in [-0.39, 0.29) is 29.9 Å². The molecule has 2 aromatic carbocycles. The SMILES string of the molecule is CC(=O)N(/C=C/c1oc2ccccc2[n+]1C)c1ccccc1.[I-]. The zero-order valence-electron chi connectivity index (χ0n) is 12.9. The molecule has 3 aromatic rings. The average molecular weight is 420 g/mol. The summed E-state index contributed by atoms with van der Waals surface area (Å²) >= 11 is 0. The van der Waals surface area contributed by atoms with Crippen molar-refractivity contribution >= 4 is 28.8 Å². The van der Waals surface area contributed by atoms with Crippen molar-refractivity contribution in [2.45, 2.75) is 6.92 Å². The topological polar surface area (TPSA) is 37.3 Å². The highest BCUT2D eigenvalue weighted by molar-refractivity contribution is 5.94. The van der Waals surface area contributed by atoms with Gasteiger partial charge in [0.2, 0.25) is 11.5 Å². The van der Waals surface area contributed by atoms with Gasteiger partial charge in [-0.25, -0.2) is 0 Å². The zero-order valence-corrected chi connectivity index (χ0v) is 15.1. The maximum atomic E-state index is 11.9. The number of anilines is 1. The van der Waals surface area contributed by atoms with Gasteiger partial charge in [0.05, 0.1) is 6.08 Å². The van der Waals surface area contributed by atoms with Gasteiger partial charge in [-0.05, 0) is 18.2 Å². The highest BCUT2D eigenvalue weighted by Crippen LogP contribution is 2.17. The summed E-state index contributed by atoms with van der Waals surface area (Å²) in [5.41, 5.74) is 2.65. The van der Waals surface area contributed by atoms with Crippen LogP contribution >= 0.6 is 0 Å². The number of halogens is 1. The van der Waals surface area contributed by atoms with Crippen molar-refractivity contribution in [3.63, 3.8) is 0 Å². The molecule has 0 atom stereocenters. The lowest BCUT2D eigenvalue weighted by atomic mass is 10.3. The lowest BCUT2D eigenvalue weighted by molar-refractivity contribution is -0.652. The number of rotatable bonds is 3. The van der Waals surface area contributed by atoms with Gasteiger partial charge in [0.15, 0.2) is 0 Å². The third-order valence-electron chi connectivity index (χ3n) is 3.51. The van der Waals surface area contributed by atoms with E-state index in [9.17, 15) is 4.79 Å². The van der Waals surface area contributed by atoms with Gasteiger partial charge in [-0.1, -0.05) is 30.3 Å². The van der Waals surface area contributed by atoms with E-state index in [0.29, 0.717) is 5.89 Å². The first-order valence-electron chi connectivity index (χ1n) is 7.07.